The summed E-state index contributed by atoms with van der Waals surface area (Å²) in [7, 11) is 0. The summed E-state index contributed by atoms with van der Waals surface area (Å²) in [5, 5.41) is 13.1. The van der Waals surface area contributed by atoms with Crippen LogP contribution in [-0.4, -0.2) is 22.8 Å². The van der Waals surface area contributed by atoms with E-state index in [4.69, 9.17) is 4.74 Å². The summed E-state index contributed by atoms with van der Waals surface area (Å²) in [5.41, 5.74) is 1.27. The summed E-state index contributed by atoms with van der Waals surface area (Å²) in [6.45, 7) is 0.107. The topological polar surface area (TPSA) is 119 Å². The first-order valence-electron chi connectivity index (χ1n) is 9.95. The maximum atomic E-state index is 12.9. The van der Waals surface area contributed by atoms with Crippen molar-refractivity contribution in [2.45, 2.75) is 6.61 Å². The van der Waals surface area contributed by atoms with Gasteiger partial charge in [-0.05, 0) is 57.4 Å². The molecule has 0 spiro atoms. The zero-order chi connectivity index (χ0) is 24.2. The third-order valence-electron chi connectivity index (χ3n) is 4.90. The van der Waals surface area contributed by atoms with Gasteiger partial charge >= 0.3 is 6.03 Å². The van der Waals surface area contributed by atoms with Gasteiger partial charge < -0.3 is 4.74 Å². The summed E-state index contributed by atoms with van der Waals surface area (Å²) in [5.74, 6) is -1.06. The Balaban J connectivity index is 1.54. The van der Waals surface area contributed by atoms with Crippen molar-refractivity contribution in [3.63, 3.8) is 0 Å². The molecule has 0 atom stereocenters. The predicted octanol–water partition coefficient (Wildman–Crippen LogP) is 4.60. The molecule has 1 aliphatic heterocycles. The molecule has 0 bridgehead atoms. The minimum Gasteiger partial charge on any atom is -0.488 e. The first-order valence-corrected chi connectivity index (χ1v) is 10.7. The Morgan fingerprint density at radius 3 is 2.47 bits per heavy atom. The molecule has 3 aromatic rings. The number of benzene rings is 3. The van der Waals surface area contributed by atoms with Gasteiger partial charge in [0.1, 0.15) is 17.9 Å². The zero-order valence-electron chi connectivity index (χ0n) is 17.4. The zero-order valence-corrected chi connectivity index (χ0v) is 19.0. The van der Waals surface area contributed by atoms with Crippen LogP contribution in [0.15, 0.2) is 82.8 Å². The van der Waals surface area contributed by atoms with Gasteiger partial charge in [0.25, 0.3) is 17.5 Å². The molecule has 1 heterocycles. The van der Waals surface area contributed by atoms with Crippen LogP contribution in [0.25, 0.3) is 6.08 Å². The van der Waals surface area contributed by atoms with Gasteiger partial charge in [0.15, 0.2) is 0 Å². The van der Waals surface area contributed by atoms with Crippen LogP contribution in [-0.2, 0) is 16.2 Å². The Morgan fingerprint density at radius 2 is 1.76 bits per heavy atom. The van der Waals surface area contributed by atoms with Gasteiger partial charge in [-0.3, -0.25) is 25.0 Å². The van der Waals surface area contributed by atoms with Gasteiger partial charge in [-0.2, -0.15) is 0 Å². The van der Waals surface area contributed by atoms with Crippen molar-refractivity contribution < 1.29 is 24.0 Å². The predicted molar refractivity (Wildman–Crippen MR) is 127 cm³/mol. The third-order valence-corrected chi connectivity index (χ3v) is 5.52. The van der Waals surface area contributed by atoms with Crippen molar-refractivity contribution in [3.8, 4) is 5.75 Å². The van der Waals surface area contributed by atoms with Crippen LogP contribution < -0.4 is 15.0 Å². The van der Waals surface area contributed by atoms with E-state index in [0.29, 0.717) is 27.0 Å². The lowest BCUT2D eigenvalue weighted by Gasteiger charge is -2.26. The van der Waals surface area contributed by atoms with E-state index >= 15 is 0 Å². The summed E-state index contributed by atoms with van der Waals surface area (Å²) in [6, 6.07) is 18.5. The fourth-order valence-corrected chi connectivity index (χ4v) is 3.79. The maximum absolute atomic E-state index is 12.9. The number of hydrogen-bond acceptors (Lipinski definition) is 6. The number of nitrogens with one attached hydrogen (secondary N) is 1. The number of nitrogens with zero attached hydrogens (tertiary/aromatic N) is 2. The Hall–Kier alpha value is -4.31. The van der Waals surface area contributed by atoms with Crippen molar-refractivity contribution >= 4 is 51.2 Å². The second-order valence-corrected chi connectivity index (χ2v) is 8.05. The van der Waals surface area contributed by atoms with Crippen molar-refractivity contribution in [1.82, 2.24) is 5.32 Å². The summed E-state index contributed by atoms with van der Waals surface area (Å²) in [6.07, 6.45) is 1.38. The molecular formula is C24H16BrN3O6. The molecule has 1 aliphatic rings. The van der Waals surface area contributed by atoms with Gasteiger partial charge in [-0.1, -0.05) is 36.4 Å². The van der Waals surface area contributed by atoms with E-state index < -0.39 is 22.8 Å². The number of urea groups is 1. The second kappa shape index (κ2) is 9.67. The number of ether oxygens (including phenoxy) is 1. The molecule has 0 aromatic heterocycles. The molecule has 0 radical (unpaired) electrons. The molecule has 0 unspecified atom stereocenters. The van der Waals surface area contributed by atoms with Crippen LogP contribution in [0.5, 0.6) is 5.75 Å². The largest absolute Gasteiger partial charge is 0.488 e. The van der Waals surface area contributed by atoms with E-state index in [9.17, 15) is 24.5 Å². The van der Waals surface area contributed by atoms with Gasteiger partial charge in [-0.15, -0.1) is 0 Å². The van der Waals surface area contributed by atoms with E-state index in [1.54, 1.807) is 60.7 Å². The molecule has 10 heteroatoms. The number of hydrogen-bond donors (Lipinski definition) is 1. The monoisotopic (exact) mass is 521 g/mol. The SMILES string of the molecule is O=C1NC(=O)N(c2ccccc2)C(=O)/C1=C/c1ccc(OCc2cccc([N+](=O)[O-])c2)c(Br)c1. The number of carbonyl (C=O) groups excluding carboxylic acids is 3. The normalized spacial score (nSPS) is 14.8. The Morgan fingerprint density at radius 1 is 1.00 bits per heavy atom. The summed E-state index contributed by atoms with van der Waals surface area (Å²) >= 11 is 3.40. The Kier molecular flexibility index (Phi) is 6.51. The molecule has 170 valence electrons. The molecule has 1 fully saturated rings. The highest BCUT2D eigenvalue weighted by molar-refractivity contribution is 9.10. The maximum Gasteiger partial charge on any atom is 0.335 e. The van der Waals surface area contributed by atoms with E-state index in [1.807, 2.05) is 0 Å². The fraction of sp³-hybridized carbons (Fsp3) is 0.0417. The Bertz CT molecular complexity index is 1340. The lowest BCUT2D eigenvalue weighted by molar-refractivity contribution is -0.384. The Labute approximate surface area is 201 Å². The van der Waals surface area contributed by atoms with Gasteiger partial charge in [0.2, 0.25) is 0 Å². The lowest BCUT2D eigenvalue weighted by Crippen LogP contribution is -2.54. The van der Waals surface area contributed by atoms with Crippen LogP contribution in [0.1, 0.15) is 11.1 Å². The molecule has 1 N–H and O–H groups in total. The van der Waals surface area contributed by atoms with E-state index in [-0.39, 0.29) is 17.9 Å². The van der Waals surface area contributed by atoms with E-state index in [1.165, 1.54) is 18.2 Å². The van der Waals surface area contributed by atoms with Gasteiger partial charge in [0.05, 0.1) is 15.1 Å². The minimum absolute atomic E-state index is 0.0272. The molecule has 4 rings (SSSR count). The van der Waals surface area contributed by atoms with Gasteiger partial charge in [0, 0.05) is 12.1 Å². The smallest absolute Gasteiger partial charge is 0.335 e. The number of anilines is 1. The van der Waals surface area contributed by atoms with Crippen LogP contribution >= 0.6 is 15.9 Å². The molecule has 0 saturated carbocycles. The highest BCUT2D eigenvalue weighted by Crippen LogP contribution is 2.29. The number of barbiturate groups is 1. The number of nitro benzene ring substituents is 1. The van der Waals surface area contributed by atoms with Gasteiger partial charge in [-0.25, -0.2) is 9.69 Å². The molecule has 34 heavy (non-hydrogen) atoms. The molecule has 9 nitrogen and oxygen atoms in total. The number of para-hydroxylation sites is 1. The van der Waals surface area contributed by atoms with Crippen molar-refractivity contribution in [3.05, 3.63) is 104 Å². The van der Waals surface area contributed by atoms with E-state index in [2.05, 4.69) is 21.2 Å². The second-order valence-electron chi connectivity index (χ2n) is 7.20. The van der Waals surface area contributed by atoms with Crippen LogP contribution in [0.2, 0.25) is 0 Å². The van der Waals surface area contributed by atoms with Crippen molar-refractivity contribution in [1.29, 1.82) is 0 Å². The molecule has 3 aromatic carbocycles. The van der Waals surface area contributed by atoms with Crippen LogP contribution in [0, 0.1) is 10.1 Å². The van der Waals surface area contributed by atoms with E-state index in [0.717, 1.165) is 4.90 Å². The third kappa shape index (κ3) is 4.86. The highest BCUT2D eigenvalue weighted by Gasteiger charge is 2.36. The number of non-ortho nitro benzene ring substituents is 1. The number of carbonyl (C=O) groups is 3. The van der Waals surface area contributed by atoms with Crippen molar-refractivity contribution in [2.75, 3.05) is 4.90 Å². The lowest BCUT2D eigenvalue weighted by atomic mass is 10.1. The quantitative estimate of drug-likeness (QED) is 0.219. The van der Waals surface area contributed by atoms with Crippen LogP contribution in [0.3, 0.4) is 0 Å². The average Bonchev–Trinajstić information content (AvgIpc) is 2.82. The number of nitro groups is 1. The average molecular weight is 522 g/mol. The van der Waals surface area contributed by atoms with Crippen LogP contribution in [0.4, 0.5) is 16.2 Å². The number of imide groups is 2. The first-order chi connectivity index (χ1) is 16.3. The summed E-state index contributed by atoms with van der Waals surface area (Å²) in [4.78, 5) is 48.9. The fourth-order valence-electron chi connectivity index (χ4n) is 3.28. The molecule has 4 amide bonds. The number of amides is 4. The molecule has 1 saturated heterocycles. The number of halogens is 1. The number of rotatable bonds is 6. The first kappa shape index (κ1) is 22.9. The molecular weight excluding hydrogens is 506 g/mol. The summed E-state index contributed by atoms with van der Waals surface area (Å²) < 4.78 is 6.29. The standard InChI is InChI=1S/C24H16BrN3O6/c25-20-13-15(9-10-21(20)34-14-16-5-4-8-18(11-16)28(32)33)12-19-22(29)26-24(31)27(23(19)30)17-6-2-1-3-7-17/h1-13H,14H2,(H,26,29,31)/b19-12+. The molecule has 0 aliphatic carbocycles. The minimum atomic E-state index is -0.815. The highest BCUT2D eigenvalue weighted by atomic mass is 79.9. The van der Waals surface area contributed by atoms with Crippen molar-refractivity contribution in [2.24, 2.45) is 0 Å².